The Morgan fingerprint density at radius 3 is 2.63 bits per heavy atom. The van der Waals surface area contributed by atoms with Gasteiger partial charge in [0.05, 0.1) is 0 Å². The summed E-state index contributed by atoms with van der Waals surface area (Å²) in [6.07, 6.45) is 3.19. The maximum atomic E-state index is 11.3. The van der Waals surface area contributed by atoms with Gasteiger partial charge in [0.25, 0.3) is 0 Å². The summed E-state index contributed by atoms with van der Waals surface area (Å²) in [5.74, 6) is 0.175. The number of ketones is 1. The van der Waals surface area contributed by atoms with E-state index < -0.39 is 0 Å². The van der Waals surface area contributed by atoms with Gasteiger partial charge in [0.15, 0.2) is 11.4 Å². The molecule has 19 heavy (non-hydrogen) atoms. The Bertz CT molecular complexity index is 760. The number of carbonyl (C=O) groups excluding carboxylic acids is 1. The molecule has 0 aliphatic rings. The minimum atomic E-state index is -0.0337. The van der Waals surface area contributed by atoms with Crippen LogP contribution in [0.1, 0.15) is 17.3 Å². The molecule has 2 heterocycles. The van der Waals surface area contributed by atoms with E-state index >= 15 is 0 Å². The Balaban J connectivity index is 2.15. The summed E-state index contributed by atoms with van der Waals surface area (Å²) in [6, 6.07) is 8.48. The van der Waals surface area contributed by atoms with E-state index in [0.717, 1.165) is 5.69 Å². The molecule has 5 heteroatoms. The number of Topliss-reactive ketones (excluding diaryl/α,β-unsaturated/α-hetero) is 1. The second-order valence-electron chi connectivity index (χ2n) is 4.25. The largest absolute Gasteiger partial charge is 0.508 e. The third kappa shape index (κ3) is 1.95. The van der Waals surface area contributed by atoms with Crippen molar-refractivity contribution in [1.82, 2.24) is 14.5 Å². The molecule has 0 spiro atoms. The predicted molar refractivity (Wildman–Crippen MR) is 70.5 cm³/mol. The quantitative estimate of drug-likeness (QED) is 0.712. The molecule has 94 valence electrons. The van der Waals surface area contributed by atoms with E-state index in [9.17, 15) is 9.90 Å². The van der Waals surface area contributed by atoms with Crippen molar-refractivity contribution in [3.63, 3.8) is 0 Å². The maximum absolute atomic E-state index is 11.3. The highest BCUT2D eigenvalue weighted by Crippen LogP contribution is 2.19. The van der Waals surface area contributed by atoms with E-state index in [0.29, 0.717) is 16.7 Å². The Labute approximate surface area is 109 Å². The molecule has 0 aliphatic carbocycles. The van der Waals surface area contributed by atoms with E-state index in [4.69, 9.17) is 0 Å². The number of phenolic OH excluding ortho intramolecular Hbond substituents is 1. The number of imidazole rings is 1. The molecule has 0 atom stereocenters. The van der Waals surface area contributed by atoms with E-state index in [1.165, 1.54) is 6.92 Å². The van der Waals surface area contributed by atoms with Crippen molar-refractivity contribution in [2.45, 2.75) is 6.92 Å². The van der Waals surface area contributed by atoms with Crippen LogP contribution in [0.4, 0.5) is 0 Å². The molecule has 0 saturated carbocycles. The molecule has 0 bridgehead atoms. The van der Waals surface area contributed by atoms with Crippen LogP contribution in [0.2, 0.25) is 0 Å². The molecule has 1 N–H and O–H groups in total. The first-order valence-electron chi connectivity index (χ1n) is 5.78. The molecule has 0 aliphatic heterocycles. The van der Waals surface area contributed by atoms with Gasteiger partial charge in [-0.1, -0.05) is 0 Å². The first kappa shape index (κ1) is 11.4. The Kier molecular flexibility index (Phi) is 2.52. The third-order valence-corrected chi connectivity index (χ3v) is 2.92. The molecule has 0 unspecified atom stereocenters. The first-order valence-corrected chi connectivity index (χ1v) is 5.78. The van der Waals surface area contributed by atoms with Gasteiger partial charge < -0.3 is 5.11 Å². The number of aromatic nitrogens is 3. The summed E-state index contributed by atoms with van der Waals surface area (Å²) in [5.41, 5.74) is 2.74. The lowest BCUT2D eigenvalue weighted by Gasteiger charge is -2.03. The number of carbonyl (C=O) groups is 1. The Morgan fingerprint density at radius 2 is 1.95 bits per heavy atom. The van der Waals surface area contributed by atoms with Crippen LogP contribution in [0.3, 0.4) is 0 Å². The molecule has 0 fully saturated rings. The number of phenols is 1. The van der Waals surface area contributed by atoms with Gasteiger partial charge in [-0.2, -0.15) is 0 Å². The van der Waals surface area contributed by atoms with E-state index in [-0.39, 0.29) is 11.5 Å². The lowest BCUT2D eigenvalue weighted by atomic mass is 10.2. The normalized spacial score (nSPS) is 10.8. The molecule has 5 nitrogen and oxygen atoms in total. The standard InChI is InChI=1S/C14H11N3O2/c1-9(18)10-6-13-14(15-7-10)17(8-16-13)11-2-4-12(19)5-3-11/h2-8,19H,1H3. The summed E-state index contributed by atoms with van der Waals surface area (Å²) in [4.78, 5) is 19.8. The number of rotatable bonds is 2. The summed E-state index contributed by atoms with van der Waals surface area (Å²) >= 11 is 0. The number of fused-ring (bicyclic) bond motifs is 1. The fraction of sp³-hybridized carbons (Fsp3) is 0.0714. The number of hydrogen-bond donors (Lipinski definition) is 1. The summed E-state index contributed by atoms with van der Waals surface area (Å²) < 4.78 is 1.80. The monoisotopic (exact) mass is 253 g/mol. The number of pyridine rings is 1. The molecule has 0 amide bonds. The van der Waals surface area contributed by atoms with Crippen LogP contribution in [-0.4, -0.2) is 25.4 Å². The smallest absolute Gasteiger partial charge is 0.164 e. The van der Waals surface area contributed by atoms with Crippen LogP contribution in [0.15, 0.2) is 42.9 Å². The molecule has 0 radical (unpaired) electrons. The molecular weight excluding hydrogens is 242 g/mol. The van der Waals surface area contributed by atoms with Crippen molar-refractivity contribution in [2.24, 2.45) is 0 Å². The predicted octanol–water partition coefficient (Wildman–Crippen LogP) is 2.33. The second kappa shape index (κ2) is 4.20. The second-order valence-corrected chi connectivity index (χ2v) is 4.25. The number of hydrogen-bond acceptors (Lipinski definition) is 4. The SMILES string of the molecule is CC(=O)c1cnc2c(c1)ncn2-c1ccc(O)cc1. The topological polar surface area (TPSA) is 68.0 Å². The molecule has 3 rings (SSSR count). The van der Waals surface area contributed by atoms with Crippen LogP contribution in [0.25, 0.3) is 16.9 Å². The van der Waals surface area contributed by atoms with Crippen molar-refractivity contribution in [3.8, 4) is 11.4 Å². The van der Waals surface area contributed by atoms with Gasteiger partial charge in [-0.05, 0) is 37.3 Å². The van der Waals surface area contributed by atoms with Crippen LogP contribution in [0.5, 0.6) is 5.75 Å². The van der Waals surface area contributed by atoms with Gasteiger partial charge in [0.1, 0.15) is 17.6 Å². The van der Waals surface area contributed by atoms with Crippen molar-refractivity contribution < 1.29 is 9.90 Å². The molecule has 0 saturated heterocycles. The summed E-state index contributed by atoms with van der Waals surface area (Å²) in [5, 5.41) is 9.29. The molecule has 1 aromatic carbocycles. The van der Waals surface area contributed by atoms with Gasteiger partial charge in [0.2, 0.25) is 0 Å². The Hall–Kier alpha value is -2.69. The van der Waals surface area contributed by atoms with E-state index in [2.05, 4.69) is 9.97 Å². The third-order valence-electron chi connectivity index (χ3n) is 2.92. The average Bonchev–Trinajstić information content (AvgIpc) is 2.82. The Morgan fingerprint density at radius 1 is 1.21 bits per heavy atom. The lowest BCUT2D eigenvalue weighted by molar-refractivity contribution is 0.101. The fourth-order valence-corrected chi connectivity index (χ4v) is 1.90. The number of benzene rings is 1. The van der Waals surface area contributed by atoms with Gasteiger partial charge >= 0.3 is 0 Å². The first-order chi connectivity index (χ1) is 9.15. The minimum Gasteiger partial charge on any atom is -0.508 e. The molecule has 3 aromatic rings. The zero-order valence-corrected chi connectivity index (χ0v) is 10.2. The average molecular weight is 253 g/mol. The van der Waals surface area contributed by atoms with Gasteiger partial charge in [0, 0.05) is 17.4 Å². The van der Waals surface area contributed by atoms with Gasteiger partial charge in [-0.15, -0.1) is 0 Å². The highest BCUT2D eigenvalue weighted by molar-refractivity contribution is 5.96. The van der Waals surface area contributed by atoms with Gasteiger partial charge in [-0.25, -0.2) is 9.97 Å². The summed E-state index contributed by atoms with van der Waals surface area (Å²) in [7, 11) is 0. The van der Waals surface area contributed by atoms with E-state index in [1.807, 2.05) is 0 Å². The van der Waals surface area contributed by atoms with Crippen LogP contribution in [0, 0.1) is 0 Å². The van der Waals surface area contributed by atoms with E-state index in [1.54, 1.807) is 47.4 Å². The van der Waals surface area contributed by atoms with Crippen molar-refractivity contribution in [3.05, 3.63) is 48.4 Å². The fourth-order valence-electron chi connectivity index (χ4n) is 1.90. The van der Waals surface area contributed by atoms with Crippen molar-refractivity contribution in [2.75, 3.05) is 0 Å². The highest BCUT2D eigenvalue weighted by Gasteiger charge is 2.08. The zero-order valence-electron chi connectivity index (χ0n) is 10.2. The van der Waals surface area contributed by atoms with Gasteiger partial charge in [-0.3, -0.25) is 9.36 Å². The van der Waals surface area contributed by atoms with Crippen LogP contribution < -0.4 is 0 Å². The maximum Gasteiger partial charge on any atom is 0.164 e. The lowest BCUT2D eigenvalue weighted by Crippen LogP contribution is -1.96. The van der Waals surface area contributed by atoms with Crippen LogP contribution in [-0.2, 0) is 0 Å². The molecular formula is C14H11N3O2. The van der Waals surface area contributed by atoms with Crippen molar-refractivity contribution >= 4 is 16.9 Å². The van der Waals surface area contributed by atoms with Crippen molar-refractivity contribution in [1.29, 1.82) is 0 Å². The highest BCUT2D eigenvalue weighted by atomic mass is 16.3. The minimum absolute atomic E-state index is 0.0337. The summed E-state index contributed by atoms with van der Waals surface area (Å²) in [6.45, 7) is 1.50. The molecule has 2 aromatic heterocycles. The zero-order chi connectivity index (χ0) is 13.4. The number of aromatic hydroxyl groups is 1. The van der Waals surface area contributed by atoms with Crippen LogP contribution >= 0.6 is 0 Å². The number of nitrogens with zero attached hydrogens (tertiary/aromatic N) is 3.